The number of para-hydroxylation sites is 1. The average Bonchev–Trinajstić information content (AvgIpc) is 2.49. The Hall–Kier alpha value is -1.42. The predicted molar refractivity (Wildman–Crippen MR) is 95.7 cm³/mol. The van der Waals surface area contributed by atoms with Gasteiger partial charge in [-0.2, -0.15) is 0 Å². The summed E-state index contributed by atoms with van der Waals surface area (Å²) in [5, 5.41) is 11.4. The highest BCUT2D eigenvalue weighted by atomic mass is 79.9. The third kappa shape index (κ3) is 4.79. The Morgan fingerprint density at radius 2 is 2.04 bits per heavy atom. The van der Waals surface area contributed by atoms with Gasteiger partial charge in [-0.25, -0.2) is 4.79 Å². The number of nitrogens with zero attached hydrogens (tertiary/aromatic N) is 1. The standard InChI is InChI=1S/C15H19BrN2O5S/c1-9(14(19)23-5)12(17-24(22)15(2,3)4)10-7-6-8-11(16)13(10)18(20)21/h6-8,12,17H,1H2,2-5H3. The van der Waals surface area contributed by atoms with E-state index in [2.05, 4.69) is 32.0 Å². The Balaban J connectivity index is 3.44. The number of carbonyl (C=O) groups is 1. The average molecular weight is 419 g/mol. The molecule has 0 saturated carbocycles. The van der Waals surface area contributed by atoms with Crippen LogP contribution in [-0.2, 0) is 20.9 Å². The quantitative estimate of drug-likeness (QED) is 0.250. The maximum absolute atomic E-state index is 12.5. The Bertz CT molecular complexity index is 660. The number of nitrogens with one attached hydrogen (secondary N) is 1. The third-order valence-electron chi connectivity index (χ3n) is 3.09. The summed E-state index contributed by atoms with van der Waals surface area (Å²) in [6.07, 6.45) is 0. The van der Waals surface area contributed by atoms with E-state index < -0.39 is 33.0 Å². The van der Waals surface area contributed by atoms with E-state index in [1.165, 1.54) is 19.2 Å². The largest absolute Gasteiger partial charge is 0.598 e. The molecular weight excluding hydrogens is 400 g/mol. The Morgan fingerprint density at radius 1 is 1.46 bits per heavy atom. The first kappa shape index (κ1) is 20.6. The van der Waals surface area contributed by atoms with E-state index in [1.807, 2.05) is 0 Å². The van der Waals surface area contributed by atoms with Gasteiger partial charge in [0, 0.05) is 11.4 Å². The number of hydrogen-bond donors (Lipinski definition) is 1. The molecule has 0 aromatic heterocycles. The molecule has 2 atom stereocenters. The van der Waals surface area contributed by atoms with Gasteiger partial charge in [0.05, 0.1) is 27.6 Å². The summed E-state index contributed by atoms with van der Waals surface area (Å²) in [4.78, 5) is 22.7. The molecule has 2 unspecified atom stereocenters. The van der Waals surface area contributed by atoms with Crippen LogP contribution in [0.2, 0.25) is 0 Å². The Morgan fingerprint density at radius 3 is 2.50 bits per heavy atom. The van der Waals surface area contributed by atoms with E-state index >= 15 is 0 Å². The molecule has 0 spiro atoms. The van der Waals surface area contributed by atoms with Crippen LogP contribution in [0.5, 0.6) is 0 Å². The van der Waals surface area contributed by atoms with Crippen molar-refractivity contribution in [1.82, 2.24) is 4.72 Å². The van der Waals surface area contributed by atoms with Crippen LogP contribution in [-0.4, -0.2) is 27.3 Å². The molecule has 0 heterocycles. The lowest BCUT2D eigenvalue weighted by molar-refractivity contribution is -0.386. The van der Waals surface area contributed by atoms with Crippen molar-refractivity contribution < 1.29 is 19.0 Å². The van der Waals surface area contributed by atoms with Crippen molar-refractivity contribution in [2.45, 2.75) is 31.6 Å². The Kier molecular flexibility index (Phi) is 6.97. The van der Waals surface area contributed by atoms with E-state index in [-0.39, 0.29) is 21.3 Å². The lowest BCUT2D eigenvalue weighted by Gasteiger charge is -2.28. The van der Waals surface area contributed by atoms with E-state index in [0.29, 0.717) is 0 Å². The predicted octanol–water partition coefficient (Wildman–Crippen LogP) is 3.18. The molecule has 1 rings (SSSR count). The number of nitro groups is 1. The van der Waals surface area contributed by atoms with Crippen molar-refractivity contribution in [3.05, 3.63) is 50.5 Å². The van der Waals surface area contributed by atoms with Gasteiger partial charge in [0.15, 0.2) is 0 Å². The summed E-state index contributed by atoms with van der Waals surface area (Å²) >= 11 is 1.54. The van der Waals surface area contributed by atoms with Crippen LogP contribution >= 0.6 is 15.9 Å². The van der Waals surface area contributed by atoms with Gasteiger partial charge in [0.25, 0.3) is 5.69 Å². The zero-order valence-corrected chi connectivity index (χ0v) is 16.2. The van der Waals surface area contributed by atoms with Crippen molar-refractivity contribution in [3.63, 3.8) is 0 Å². The summed E-state index contributed by atoms with van der Waals surface area (Å²) in [7, 11) is 1.18. The molecule has 0 aliphatic heterocycles. The molecule has 0 bridgehead atoms. The van der Waals surface area contributed by atoms with Crippen molar-refractivity contribution in [1.29, 1.82) is 0 Å². The summed E-state index contributed by atoms with van der Waals surface area (Å²) in [5.74, 6) is -0.743. The number of rotatable bonds is 6. The molecule has 1 N–H and O–H groups in total. The highest BCUT2D eigenvalue weighted by Gasteiger charge is 2.36. The van der Waals surface area contributed by atoms with Crippen LogP contribution in [0.3, 0.4) is 0 Å². The first-order chi connectivity index (χ1) is 11.0. The van der Waals surface area contributed by atoms with Crippen molar-refractivity contribution in [2.75, 3.05) is 7.11 Å². The highest BCUT2D eigenvalue weighted by molar-refractivity contribution is 9.10. The first-order valence-corrected chi connectivity index (χ1v) is 8.83. The van der Waals surface area contributed by atoms with Gasteiger partial charge in [0.2, 0.25) is 0 Å². The minimum atomic E-state index is -1.59. The van der Waals surface area contributed by atoms with Crippen LogP contribution in [0.15, 0.2) is 34.8 Å². The fraction of sp³-hybridized carbons (Fsp3) is 0.400. The lowest BCUT2D eigenvalue weighted by Crippen LogP contribution is -2.42. The van der Waals surface area contributed by atoms with Gasteiger partial charge in [-0.3, -0.25) is 10.1 Å². The molecule has 0 radical (unpaired) electrons. The van der Waals surface area contributed by atoms with Gasteiger partial charge in [-0.1, -0.05) is 12.6 Å². The molecule has 0 amide bonds. The summed E-state index contributed by atoms with van der Waals surface area (Å²) in [5.41, 5.74) is -0.135. The molecular formula is C15H19BrN2O5S. The lowest BCUT2D eigenvalue weighted by atomic mass is 9.99. The fourth-order valence-corrected chi connectivity index (χ4v) is 3.18. The second kappa shape index (κ2) is 8.11. The topological polar surface area (TPSA) is 105 Å². The van der Waals surface area contributed by atoms with Gasteiger partial charge in [-0.05, 0) is 48.8 Å². The zero-order chi connectivity index (χ0) is 18.7. The number of halogens is 1. The molecule has 9 heteroatoms. The number of benzene rings is 1. The molecule has 1 aromatic rings. The zero-order valence-electron chi connectivity index (χ0n) is 13.8. The van der Waals surface area contributed by atoms with Crippen LogP contribution in [0.4, 0.5) is 5.69 Å². The van der Waals surface area contributed by atoms with Crippen LogP contribution in [0.1, 0.15) is 32.4 Å². The normalized spacial score (nSPS) is 13.9. The van der Waals surface area contributed by atoms with Crippen LogP contribution < -0.4 is 4.72 Å². The summed E-state index contributed by atoms with van der Waals surface area (Å²) in [6.45, 7) is 8.88. The van der Waals surface area contributed by atoms with Crippen LogP contribution in [0.25, 0.3) is 0 Å². The maximum Gasteiger partial charge on any atom is 0.335 e. The summed E-state index contributed by atoms with van der Waals surface area (Å²) < 4.78 is 19.5. The number of methoxy groups -OCH3 is 1. The smallest absolute Gasteiger partial charge is 0.335 e. The second-order valence-electron chi connectivity index (χ2n) is 5.88. The molecule has 7 nitrogen and oxygen atoms in total. The molecule has 24 heavy (non-hydrogen) atoms. The number of ether oxygens (including phenoxy) is 1. The molecule has 0 saturated heterocycles. The van der Waals surface area contributed by atoms with E-state index in [9.17, 15) is 19.5 Å². The molecule has 132 valence electrons. The second-order valence-corrected chi connectivity index (χ2v) is 8.74. The molecule has 0 aliphatic carbocycles. The fourth-order valence-electron chi connectivity index (χ4n) is 1.81. The van der Waals surface area contributed by atoms with E-state index in [0.717, 1.165) is 0 Å². The monoisotopic (exact) mass is 418 g/mol. The van der Waals surface area contributed by atoms with E-state index in [4.69, 9.17) is 0 Å². The van der Waals surface area contributed by atoms with Crippen molar-refractivity contribution >= 4 is 38.9 Å². The third-order valence-corrected chi connectivity index (χ3v) is 5.29. The number of nitro benzene ring substituents is 1. The number of carbonyl (C=O) groups excluding carboxylic acids is 1. The van der Waals surface area contributed by atoms with Crippen molar-refractivity contribution in [2.24, 2.45) is 0 Å². The SMILES string of the molecule is C=C(C(=O)OC)C(N[S+]([O-])C(C)(C)C)c1cccc(Br)c1[N+](=O)[O-]. The maximum atomic E-state index is 12.5. The minimum Gasteiger partial charge on any atom is -0.598 e. The Labute approximate surface area is 152 Å². The highest BCUT2D eigenvalue weighted by Crippen LogP contribution is 2.36. The molecule has 0 aliphatic rings. The van der Waals surface area contributed by atoms with Crippen molar-refractivity contribution in [3.8, 4) is 0 Å². The van der Waals surface area contributed by atoms with Gasteiger partial charge >= 0.3 is 5.97 Å². The minimum absolute atomic E-state index is 0.0729. The first-order valence-electron chi connectivity index (χ1n) is 6.88. The van der Waals surface area contributed by atoms with Gasteiger partial charge < -0.3 is 9.29 Å². The van der Waals surface area contributed by atoms with E-state index in [1.54, 1.807) is 26.8 Å². The molecule has 1 aromatic carbocycles. The number of esters is 1. The van der Waals surface area contributed by atoms with Gasteiger partial charge in [0.1, 0.15) is 10.8 Å². The summed E-state index contributed by atoms with van der Waals surface area (Å²) in [6, 6.07) is 3.55. The van der Waals surface area contributed by atoms with Crippen LogP contribution in [0, 0.1) is 10.1 Å². The number of hydrogen-bond acceptors (Lipinski definition) is 6. The molecule has 0 fully saturated rings. The van der Waals surface area contributed by atoms with Gasteiger partial charge in [-0.15, -0.1) is 4.72 Å².